The van der Waals surface area contributed by atoms with Crippen molar-refractivity contribution in [3.8, 4) is 11.8 Å². The Kier molecular flexibility index (Phi) is 15.6. The van der Waals surface area contributed by atoms with E-state index in [9.17, 15) is 0 Å². The fourth-order valence-corrected chi connectivity index (χ4v) is 0.951. The van der Waals surface area contributed by atoms with Gasteiger partial charge in [0.2, 0.25) is 0 Å². The average Bonchev–Trinajstić information content (AvgIpc) is 2.32. The maximum absolute atomic E-state index is 7.57. The van der Waals surface area contributed by atoms with Crippen molar-refractivity contribution >= 4 is 15.9 Å². The zero-order valence-corrected chi connectivity index (χ0v) is 11.7. The van der Waals surface area contributed by atoms with Gasteiger partial charge >= 0.3 is 0 Å². The molecule has 0 bridgehead atoms. The Bertz CT molecular complexity index is 298. The molecule has 0 aromatic heterocycles. The van der Waals surface area contributed by atoms with Gasteiger partial charge in [-0.25, -0.2) is 0 Å². The lowest BCUT2D eigenvalue weighted by atomic mass is 10.2. The number of rotatable bonds is 0. The van der Waals surface area contributed by atoms with Crippen LogP contribution in [-0.2, 0) is 0 Å². The van der Waals surface area contributed by atoms with Gasteiger partial charge in [-0.15, -0.1) is 0 Å². The molecule has 0 saturated carbocycles. The number of nitrogens with two attached hydrogens (primary N) is 1. The van der Waals surface area contributed by atoms with Crippen LogP contribution in [0.25, 0.3) is 0 Å². The number of hydrogen-bond donors (Lipinski definition) is 2. The second-order valence-electron chi connectivity index (χ2n) is 2.33. The first-order chi connectivity index (χ1) is 7.74. The molecular weight excluding hydrogens is 266 g/mol. The Hall–Kier alpha value is -0.820. The molecule has 3 heteroatoms. The van der Waals surface area contributed by atoms with E-state index in [0.29, 0.717) is 6.54 Å². The van der Waals surface area contributed by atoms with Gasteiger partial charge in [-0.3, -0.25) is 0 Å². The summed E-state index contributed by atoms with van der Waals surface area (Å²) >= 11 is 3.34. The summed E-state index contributed by atoms with van der Waals surface area (Å²) in [6, 6.07) is 7.82. The molecule has 0 saturated heterocycles. The molecule has 0 aliphatic heterocycles. The van der Waals surface area contributed by atoms with Gasteiger partial charge in [-0.05, 0) is 31.2 Å². The van der Waals surface area contributed by atoms with Gasteiger partial charge in [0, 0.05) is 16.6 Å². The zero-order valence-electron chi connectivity index (χ0n) is 10.1. The number of benzene rings is 1. The van der Waals surface area contributed by atoms with Crippen molar-refractivity contribution in [3.63, 3.8) is 0 Å². The van der Waals surface area contributed by atoms with E-state index >= 15 is 0 Å². The Morgan fingerprint density at radius 3 is 2.06 bits per heavy atom. The minimum atomic E-state index is 0.250. The monoisotopic (exact) mass is 285 g/mol. The van der Waals surface area contributed by atoms with Crippen LogP contribution in [0.5, 0.6) is 0 Å². The van der Waals surface area contributed by atoms with Crippen LogP contribution in [0.2, 0.25) is 0 Å². The summed E-state index contributed by atoms with van der Waals surface area (Å²) in [5.41, 5.74) is 6.22. The molecule has 0 amide bonds. The summed E-state index contributed by atoms with van der Waals surface area (Å²) in [7, 11) is 0. The van der Waals surface area contributed by atoms with E-state index < -0.39 is 0 Å². The van der Waals surface area contributed by atoms with Crippen molar-refractivity contribution in [2.45, 2.75) is 20.8 Å². The number of aliphatic hydroxyl groups excluding tert-OH is 1. The summed E-state index contributed by atoms with van der Waals surface area (Å²) in [6.07, 6.45) is 0. The van der Waals surface area contributed by atoms with Crippen molar-refractivity contribution in [1.29, 1.82) is 0 Å². The molecule has 0 spiro atoms. The van der Waals surface area contributed by atoms with Gasteiger partial charge < -0.3 is 10.8 Å². The van der Waals surface area contributed by atoms with Crippen molar-refractivity contribution in [2.75, 3.05) is 13.2 Å². The van der Waals surface area contributed by atoms with Crippen LogP contribution in [0.4, 0.5) is 0 Å². The predicted molar refractivity (Wildman–Crippen MR) is 74.2 cm³/mol. The first-order valence-electron chi connectivity index (χ1n) is 5.30. The summed E-state index contributed by atoms with van der Waals surface area (Å²) in [6.45, 7) is 6.34. The Morgan fingerprint density at radius 2 is 1.69 bits per heavy atom. The Labute approximate surface area is 107 Å². The first kappa shape index (κ1) is 17.6. The molecule has 0 radical (unpaired) electrons. The Morgan fingerprint density at radius 1 is 1.25 bits per heavy atom. The molecule has 16 heavy (non-hydrogen) atoms. The highest BCUT2D eigenvalue weighted by Gasteiger charge is 1.85. The third-order valence-corrected chi connectivity index (χ3v) is 1.71. The van der Waals surface area contributed by atoms with Crippen molar-refractivity contribution < 1.29 is 5.11 Å². The topological polar surface area (TPSA) is 46.2 Å². The number of hydrogen-bond acceptors (Lipinski definition) is 2. The van der Waals surface area contributed by atoms with Crippen LogP contribution < -0.4 is 5.73 Å². The van der Waals surface area contributed by atoms with E-state index in [0.717, 1.165) is 10.0 Å². The van der Waals surface area contributed by atoms with Crippen molar-refractivity contribution in [3.05, 3.63) is 34.3 Å². The van der Waals surface area contributed by atoms with Gasteiger partial charge in [0.1, 0.15) is 0 Å². The molecule has 0 aliphatic rings. The van der Waals surface area contributed by atoms with Gasteiger partial charge in [0.25, 0.3) is 0 Å². The molecule has 1 rings (SSSR count). The lowest BCUT2D eigenvalue weighted by Gasteiger charge is -1.89. The maximum Gasteiger partial charge on any atom is 0.0555 e. The fraction of sp³-hybridized carbons (Fsp3) is 0.385. The lowest BCUT2D eigenvalue weighted by molar-refractivity contribution is 0.318. The maximum atomic E-state index is 7.57. The molecule has 0 unspecified atom stereocenters. The molecule has 3 N–H and O–H groups in total. The highest BCUT2D eigenvalue weighted by molar-refractivity contribution is 9.10. The van der Waals surface area contributed by atoms with Crippen LogP contribution >= 0.6 is 15.9 Å². The fourth-order valence-electron chi connectivity index (χ4n) is 0.686. The molecule has 1 aromatic carbocycles. The molecular formula is C13H20BrNO. The summed E-state index contributed by atoms with van der Waals surface area (Å²) < 4.78 is 1.07. The van der Waals surface area contributed by atoms with Gasteiger partial charge in [-0.1, -0.05) is 41.6 Å². The van der Waals surface area contributed by atoms with Gasteiger partial charge in [-0.2, -0.15) is 0 Å². The summed E-state index contributed by atoms with van der Waals surface area (Å²) in [5.74, 6) is 5.72. The normalized spacial score (nSPS) is 7.38. The van der Waals surface area contributed by atoms with Gasteiger partial charge in [0.15, 0.2) is 0 Å². The third-order valence-electron chi connectivity index (χ3n) is 1.18. The molecule has 90 valence electrons. The molecule has 1 aromatic rings. The Balaban J connectivity index is 0. The SMILES string of the molecule is CC.CCO.NCC#Cc1ccc(Br)cc1. The van der Waals surface area contributed by atoms with E-state index in [4.69, 9.17) is 10.8 Å². The molecule has 0 fully saturated rings. The van der Waals surface area contributed by atoms with E-state index in [-0.39, 0.29) is 6.61 Å². The van der Waals surface area contributed by atoms with Crippen LogP contribution in [0.15, 0.2) is 28.7 Å². The average molecular weight is 286 g/mol. The largest absolute Gasteiger partial charge is 0.397 e. The highest BCUT2D eigenvalue weighted by atomic mass is 79.9. The number of halogens is 1. The second-order valence-corrected chi connectivity index (χ2v) is 3.24. The minimum Gasteiger partial charge on any atom is -0.397 e. The van der Waals surface area contributed by atoms with Crippen LogP contribution in [0.1, 0.15) is 26.3 Å². The van der Waals surface area contributed by atoms with Gasteiger partial charge in [0.05, 0.1) is 6.54 Å². The van der Waals surface area contributed by atoms with Crippen LogP contribution in [-0.4, -0.2) is 18.3 Å². The van der Waals surface area contributed by atoms with Crippen LogP contribution in [0, 0.1) is 11.8 Å². The van der Waals surface area contributed by atoms with Crippen LogP contribution in [0.3, 0.4) is 0 Å². The van der Waals surface area contributed by atoms with E-state index in [1.807, 2.05) is 38.1 Å². The highest BCUT2D eigenvalue weighted by Crippen LogP contribution is 2.09. The van der Waals surface area contributed by atoms with E-state index in [1.165, 1.54) is 0 Å². The first-order valence-corrected chi connectivity index (χ1v) is 6.09. The minimum absolute atomic E-state index is 0.250. The molecule has 0 heterocycles. The smallest absolute Gasteiger partial charge is 0.0555 e. The van der Waals surface area contributed by atoms with Crippen molar-refractivity contribution in [1.82, 2.24) is 0 Å². The molecule has 0 atom stereocenters. The summed E-state index contributed by atoms with van der Waals surface area (Å²) in [5, 5.41) is 7.57. The van der Waals surface area contributed by atoms with Crippen molar-refractivity contribution in [2.24, 2.45) is 5.73 Å². The zero-order chi connectivity index (χ0) is 12.8. The lowest BCUT2D eigenvalue weighted by Crippen LogP contribution is -1.92. The second kappa shape index (κ2) is 14.2. The molecule has 2 nitrogen and oxygen atoms in total. The summed E-state index contributed by atoms with van der Waals surface area (Å²) in [4.78, 5) is 0. The standard InChI is InChI=1S/C9H8BrN.C2H6O.C2H6/c10-9-5-3-8(4-6-9)2-1-7-11;1-2-3;1-2/h3-6H,7,11H2;3H,2H2,1H3;1-2H3. The number of aliphatic hydroxyl groups is 1. The molecule has 0 aliphatic carbocycles. The van der Waals surface area contributed by atoms with E-state index in [2.05, 4.69) is 27.8 Å². The quantitative estimate of drug-likeness (QED) is 0.720. The predicted octanol–water partition coefficient (Wildman–Crippen LogP) is 2.78. The third kappa shape index (κ3) is 11.3. The van der Waals surface area contributed by atoms with E-state index in [1.54, 1.807) is 6.92 Å².